The number of carbonyl (C=O) groups is 1. The third-order valence-corrected chi connectivity index (χ3v) is 4.96. The second-order valence-corrected chi connectivity index (χ2v) is 7.30. The first-order valence-electron chi connectivity index (χ1n) is 6.01. The van der Waals surface area contributed by atoms with Crippen LogP contribution in [0, 0.1) is 5.92 Å². The smallest absolute Gasteiger partial charge is 0.255 e. The number of halogens is 2. The van der Waals surface area contributed by atoms with Crippen molar-refractivity contribution in [1.29, 1.82) is 0 Å². The molecule has 1 aromatic carbocycles. The molecule has 1 amide bonds. The largest absolute Gasteiger partial charge is 0.338 e. The summed E-state index contributed by atoms with van der Waals surface area (Å²) in [6.07, 6.45) is 0.916. The monoisotopic (exact) mass is 336 g/mol. The number of sulfonamides is 1. The molecule has 2 rings (SSSR count). The van der Waals surface area contributed by atoms with Gasteiger partial charge >= 0.3 is 0 Å². The Morgan fingerprint density at radius 3 is 2.50 bits per heavy atom. The van der Waals surface area contributed by atoms with Gasteiger partial charge < -0.3 is 4.90 Å². The Morgan fingerprint density at radius 2 is 2.00 bits per heavy atom. The number of nitrogens with zero attached hydrogens (tertiary/aromatic N) is 1. The molecule has 110 valence electrons. The van der Waals surface area contributed by atoms with Crippen molar-refractivity contribution in [3.63, 3.8) is 0 Å². The van der Waals surface area contributed by atoms with Gasteiger partial charge in [-0.15, -0.1) is 0 Å². The molecule has 1 saturated heterocycles. The molecule has 5 nitrogen and oxygen atoms in total. The van der Waals surface area contributed by atoms with Crippen molar-refractivity contribution in [2.75, 3.05) is 13.1 Å². The minimum Gasteiger partial charge on any atom is -0.338 e. The Hall–Kier alpha value is -0.820. The summed E-state index contributed by atoms with van der Waals surface area (Å²) in [5.41, 5.74) is 0.106. The average Bonchev–Trinajstić information content (AvgIpc) is 2.73. The van der Waals surface area contributed by atoms with E-state index >= 15 is 0 Å². The van der Waals surface area contributed by atoms with Crippen molar-refractivity contribution in [3.8, 4) is 0 Å². The van der Waals surface area contributed by atoms with Crippen molar-refractivity contribution < 1.29 is 13.2 Å². The van der Waals surface area contributed by atoms with E-state index in [1.54, 1.807) is 4.90 Å². The SMILES string of the molecule is CC1CCN(C(=O)c2cc(S(N)(=O)=O)c(Cl)cc2Cl)C1. The summed E-state index contributed by atoms with van der Waals surface area (Å²) in [6, 6.07) is 2.38. The van der Waals surface area contributed by atoms with Crippen LogP contribution in [0.3, 0.4) is 0 Å². The van der Waals surface area contributed by atoms with E-state index in [4.69, 9.17) is 28.3 Å². The summed E-state index contributed by atoms with van der Waals surface area (Å²) < 4.78 is 22.9. The Kier molecular flexibility index (Phi) is 4.30. The van der Waals surface area contributed by atoms with E-state index in [1.165, 1.54) is 6.07 Å². The second-order valence-electron chi connectivity index (χ2n) is 4.95. The average molecular weight is 337 g/mol. The molecule has 0 aromatic heterocycles. The molecule has 1 fully saturated rings. The minimum atomic E-state index is -4.00. The number of likely N-dealkylation sites (tertiary alicyclic amines) is 1. The van der Waals surface area contributed by atoms with Gasteiger partial charge in [-0.1, -0.05) is 30.1 Å². The van der Waals surface area contributed by atoms with Crippen LogP contribution in [0.15, 0.2) is 17.0 Å². The lowest BCUT2D eigenvalue weighted by atomic mass is 10.2. The maximum atomic E-state index is 12.4. The summed E-state index contributed by atoms with van der Waals surface area (Å²) in [5.74, 6) is 0.114. The van der Waals surface area contributed by atoms with Crippen molar-refractivity contribution in [1.82, 2.24) is 4.90 Å². The quantitative estimate of drug-likeness (QED) is 0.898. The van der Waals surface area contributed by atoms with Gasteiger partial charge in [0.05, 0.1) is 15.6 Å². The highest BCUT2D eigenvalue weighted by molar-refractivity contribution is 7.89. The van der Waals surface area contributed by atoms with E-state index in [9.17, 15) is 13.2 Å². The van der Waals surface area contributed by atoms with Gasteiger partial charge in [0.2, 0.25) is 10.0 Å². The fourth-order valence-corrected chi connectivity index (χ4v) is 3.60. The first-order valence-corrected chi connectivity index (χ1v) is 8.31. The van der Waals surface area contributed by atoms with Crippen LogP contribution >= 0.6 is 23.2 Å². The third-order valence-electron chi connectivity index (χ3n) is 3.27. The normalized spacial score (nSPS) is 19.4. The zero-order valence-corrected chi connectivity index (χ0v) is 13.1. The highest BCUT2D eigenvalue weighted by Crippen LogP contribution is 2.30. The lowest BCUT2D eigenvalue weighted by Gasteiger charge is -2.17. The maximum absolute atomic E-state index is 12.4. The van der Waals surface area contributed by atoms with Crippen LogP contribution in [0.4, 0.5) is 0 Å². The summed E-state index contributed by atoms with van der Waals surface area (Å²) in [5, 5.41) is 5.10. The topological polar surface area (TPSA) is 80.5 Å². The number of nitrogens with two attached hydrogens (primary N) is 1. The van der Waals surface area contributed by atoms with Crippen LogP contribution < -0.4 is 5.14 Å². The van der Waals surface area contributed by atoms with E-state index in [0.29, 0.717) is 19.0 Å². The summed E-state index contributed by atoms with van der Waals surface area (Å²) in [7, 11) is -4.00. The number of benzene rings is 1. The summed E-state index contributed by atoms with van der Waals surface area (Å²) >= 11 is 11.8. The minimum absolute atomic E-state index is 0.0937. The van der Waals surface area contributed by atoms with Gasteiger partial charge in [-0.25, -0.2) is 13.6 Å². The van der Waals surface area contributed by atoms with Crippen LogP contribution in [-0.2, 0) is 10.0 Å². The number of hydrogen-bond acceptors (Lipinski definition) is 3. The molecule has 1 heterocycles. The number of hydrogen-bond donors (Lipinski definition) is 1. The van der Waals surface area contributed by atoms with E-state index < -0.39 is 10.0 Å². The van der Waals surface area contributed by atoms with Gasteiger partial charge in [0.15, 0.2) is 0 Å². The molecule has 0 saturated carbocycles. The van der Waals surface area contributed by atoms with E-state index in [1.807, 2.05) is 6.92 Å². The zero-order valence-electron chi connectivity index (χ0n) is 10.8. The molecule has 1 unspecified atom stereocenters. The predicted molar refractivity (Wildman–Crippen MR) is 77.5 cm³/mol. The van der Waals surface area contributed by atoms with Crippen LogP contribution in [0.1, 0.15) is 23.7 Å². The molecule has 0 aliphatic carbocycles. The van der Waals surface area contributed by atoms with Crippen molar-refractivity contribution in [2.45, 2.75) is 18.2 Å². The summed E-state index contributed by atoms with van der Waals surface area (Å²) in [4.78, 5) is 13.7. The van der Waals surface area contributed by atoms with Gasteiger partial charge in [-0.05, 0) is 24.5 Å². The molecule has 1 aromatic rings. The van der Waals surface area contributed by atoms with Crippen LogP contribution in [0.25, 0.3) is 0 Å². The van der Waals surface area contributed by atoms with Gasteiger partial charge in [0.1, 0.15) is 4.90 Å². The fraction of sp³-hybridized carbons (Fsp3) is 0.417. The van der Waals surface area contributed by atoms with Gasteiger partial charge in [0.25, 0.3) is 5.91 Å². The number of amides is 1. The Bertz CT molecular complexity index is 661. The van der Waals surface area contributed by atoms with Crippen molar-refractivity contribution >= 4 is 39.1 Å². The van der Waals surface area contributed by atoms with Crippen molar-refractivity contribution in [2.24, 2.45) is 11.1 Å². The van der Waals surface area contributed by atoms with Crippen LogP contribution in [-0.4, -0.2) is 32.3 Å². The van der Waals surface area contributed by atoms with E-state index in [2.05, 4.69) is 0 Å². The standard InChI is InChI=1S/C12H14Cl2N2O3S/c1-7-2-3-16(6-7)12(17)8-4-11(20(15,18)19)10(14)5-9(8)13/h4-5,7H,2-3,6H2,1H3,(H2,15,18,19). The van der Waals surface area contributed by atoms with E-state index in [0.717, 1.165) is 12.5 Å². The molecule has 1 aliphatic heterocycles. The van der Waals surface area contributed by atoms with Gasteiger partial charge in [0, 0.05) is 13.1 Å². The maximum Gasteiger partial charge on any atom is 0.255 e. The second kappa shape index (κ2) is 5.52. The molecule has 20 heavy (non-hydrogen) atoms. The first kappa shape index (κ1) is 15.6. The number of rotatable bonds is 2. The Balaban J connectivity index is 2.44. The highest BCUT2D eigenvalue weighted by Gasteiger charge is 2.27. The molecule has 0 bridgehead atoms. The molecule has 1 aliphatic rings. The number of primary sulfonamides is 1. The Labute approximate surface area is 127 Å². The lowest BCUT2D eigenvalue weighted by Crippen LogP contribution is -2.29. The fourth-order valence-electron chi connectivity index (χ4n) is 2.20. The molecule has 8 heteroatoms. The summed E-state index contributed by atoms with van der Waals surface area (Å²) in [6.45, 7) is 3.30. The van der Waals surface area contributed by atoms with Gasteiger partial charge in [-0.3, -0.25) is 4.79 Å². The third kappa shape index (κ3) is 3.09. The van der Waals surface area contributed by atoms with Crippen LogP contribution in [0.5, 0.6) is 0 Å². The Morgan fingerprint density at radius 1 is 1.35 bits per heavy atom. The molecule has 0 spiro atoms. The van der Waals surface area contributed by atoms with E-state index in [-0.39, 0.29) is 26.4 Å². The molecule has 1 atom stereocenters. The predicted octanol–water partition coefficient (Wildman–Crippen LogP) is 2.12. The van der Waals surface area contributed by atoms with Crippen LogP contribution in [0.2, 0.25) is 10.0 Å². The zero-order chi connectivity index (χ0) is 15.1. The molecule has 0 radical (unpaired) electrons. The molecular formula is C12H14Cl2N2O3S. The van der Waals surface area contributed by atoms with Gasteiger partial charge in [-0.2, -0.15) is 0 Å². The molecular weight excluding hydrogens is 323 g/mol. The number of carbonyl (C=O) groups excluding carboxylic acids is 1. The lowest BCUT2D eigenvalue weighted by molar-refractivity contribution is 0.0788. The highest BCUT2D eigenvalue weighted by atomic mass is 35.5. The molecule has 2 N–H and O–H groups in total. The van der Waals surface area contributed by atoms with Crippen molar-refractivity contribution in [3.05, 3.63) is 27.7 Å². The first-order chi connectivity index (χ1) is 9.20.